The van der Waals surface area contributed by atoms with Crippen LogP contribution in [0.2, 0.25) is 0 Å². The van der Waals surface area contributed by atoms with Crippen molar-refractivity contribution in [2.75, 3.05) is 26.4 Å². The van der Waals surface area contributed by atoms with Crippen molar-refractivity contribution in [1.82, 2.24) is 0 Å². The fraction of sp³-hybridized carbons (Fsp3) is 0.600. The molecule has 0 aromatic carbocycles. The first kappa shape index (κ1) is 12.4. The summed E-state index contributed by atoms with van der Waals surface area (Å²) in [5, 5.41) is 9.31. The number of hydrogen-bond acceptors (Lipinski definition) is 3. The Kier molecular flexibility index (Phi) is 8.98. The van der Waals surface area contributed by atoms with Gasteiger partial charge in [0, 0.05) is 6.61 Å². The molecule has 0 heterocycles. The Morgan fingerprint density at radius 1 is 1.15 bits per heavy atom. The normalized spacial score (nSPS) is 12.4. The van der Waals surface area contributed by atoms with Crippen LogP contribution in [-0.4, -0.2) is 37.6 Å². The summed E-state index contributed by atoms with van der Waals surface area (Å²) in [6.45, 7) is 8.89. The molecule has 0 aliphatic rings. The summed E-state index contributed by atoms with van der Waals surface area (Å²) >= 11 is 0. The number of aliphatic hydroxyl groups excluding tert-OH is 1. The van der Waals surface area contributed by atoms with Crippen molar-refractivity contribution >= 4 is 0 Å². The quantitative estimate of drug-likeness (QED) is 0.433. The molecular weight excluding hydrogens is 168 g/mol. The molecule has 0 aromatic heterocycles. The van der Waals surface area contributed by atoms with Crippen molar-refractivity contribution in [3.05, 3.63) is 25.3 Å². The van der Waals surface area contributed by atoms with E-state index in [1.165, 1.54) is 0 Å². The summed E-state index contributed by atoms with van der Waals surface area (Å²) in [4.78, 5) is 0. The van der Waals surface area contributed by atoms with Crippen LogP contribution >= 0.6 is 0 Å². The van der Waals surface area contributed by atoms with Gasteiger partial charge in [0.15, 0.2) is 0 Å². The van der Waals surface area contributed by atoms with E-state index < -0.39 is 6.10 Å². The van der Waals surface area contributed by atoms with Gasteiger partial charge in [-0.2, -0.15) is 0 Å². The van der Waals surface area contributed by atoms with E-state index in [1.54, 1.807) is 12.2 Å². The predicted molar refractivity (Wildman–Crippen MR) is 52.7 cm³/mol. The standard InChI is InChI=1S/C10H18O3/c1-3-6-12-8-5-10(11)9-13-7-4-2/h3-4,10-11H,1-2,5-9H2. The smallest absolute Gasteiger partial charge is 0.0795 e. The molecule has 0 saturated heterocycles. The average Bonchev–Trinajstić information content (AvgIpc) is 2.13. The van der Waals surface area contributed by atoms with Gasteiger partial charge in [0.1, 0.15) is 0 Å². The summed E-state index contributed by atoms with van der Waals surface area (Å²) < 4.78 is 10.2. The first-order valence-electron chi connectivity index (χ1n) is 4.36. The van der Waals surface area contributed by atoms with Gasteiger partial charge in [0.25, 0.3) is 0 Å². The van der Waals surface area contributed by atoms with Crippen LogP contribution in [0.3, 0.4) is 0 Å². The Balaban J connectivity index is 3.14. The Bertz CT molecular complexity index is 134. The summed E-state index contributed by atoms with van der Waals surface area (Å²) in [6, 6.07) is 0. The summed E-state index contributed by atoms with van der Waals surface area (Å²) in [7, 11) is 0. The molecule has 0 spiro atoms. The van der Waals surface area contributed by atoms with E-state index in [-0.39, 0.29) is 0 Å². The van der Waals surface area contributed by atoms with Gasteiger partial charge in [-0.05, 0) is 6.42 Å². The van der Waals surface area contributed by atoms with E-state index in [0.29, 0.717) is 32.8 Å². The first-order chi connectivity index (χ1) is 6.31. The highest BCUT2D eigenvalue weighted by Crippen LogP contribution is 1.93. The topological polar surface area (TPSA) is 38.7 Å². The van der Waals surface area contributed by atoms with Crippen LogP contribution in [-0.2, 0) is 9.47 Å². The van der Waals surface area contributed by atoms with Crippen LogP contribution in [0, 0.1) is 0 Å². The largest absolute Gasteiger partial charge is 0.391 e. The molecule has 0 amide bonds. The SMILES string of the molecule is C=CCOCCC(O)COCC=C. The lowest BCUT2D eigenvalue weighted by Crippen LogP contribution is -2.17. The third-order valence-electron chi connectivity index (χ3n) is 1.38. The summed E-state index contributed by atoms with van der Waals surface area (Å²) in [6.07, 6.45) is 3.47. The van der Waals surface area contributed by atoms with Gasteiger partial charge < -0.3 is 14.6 Å². The molecule has 1 atom stereocenters. The highest BCUT2D eigenvalue weighted by molar-refractivity contribution is 4.66. The first-order valence-corrected chi connectivity index (χ1v) is 4.36. The van der Waals surface area contributed by atoms with Gasteiger partial charge in [0.2, 0.25) is 0 Å². The fourth-order valence-corrected chi connectivity index (χ4v) is 0.757. The lowest BCUT2D eigenvalue weighted by atomic mass is 10.3. The van der Waals surface area contributed by atoms with Crippen molar-refractivity contribution in [2.24, 2.45) is 0 Å². The molecule has 0 saturated carbocycles. The molecule has 3 nitrogen and oxygen atoms in total. The predicted octanol–water partition coefficient (Wildman–Crippen LogP) is 1.14. The zero-order chi connectivity index (χ0) is 9.94. The lowest BCUT2D eigenvalue weighted by molar-refractivity contribution is 0.0256. The minimum atomic E-state index is -0.454. The molecule has 3 heteroatoms. The highest BCUT2D eigenvalue weighted by Gasteiger charge is 2.02. The van der Waals surface area contributed by atoms with Gasteiger partial charge in [-0.3, -0.25) is 0 Å². The molecule has 0 fully saturated rings. The summed E-state index contributed by atoms with van der Waals surface area (Å²) in [5.41, 5.74) is 0. The van der Waals surface area contributed by atoms with Crippen LogP contribution in [0.4, 0.5) is 0 Å². The number of hydrogen-bond donors (Lipinski definition) is 1. The molecular formula is C10H18O3. The molecule has 0 rings (SSSR count). The second-order valence-electron chi connectivity index (χ2n) is 2.63. The number of ether oxygens (including phenoxy) is 2. The molecule has 0 bridgehead atoms. The zero-order valence-electron chi connectivity index (χ0n) is 7.95. The molecule has 76 valence electrons. The van der Waals surface area contributed by atoms with Crippen molar-refractivity contribution in [3.63, 3.8) is 0 Å². The van der Waals surface area contributed by atoms with Crippen LogP contribution in [0.1, 0.15) is 6.42 Å². The minimum absolute atomic E-state index is 0.337. The van der Waals surface area contributed by atoms with Crippen LogP contribution in [0.25, 0.3) is 0 Å². The molecule has 1 N–H and O–H groups in total. The van der Waals surface area contributed by atoms with Crippen LogP contribution in [0.5, 0.6) is 0 Å². The molecule has 1 unspecified atom stereocenters. The van der Waals surface area contributed by atoms with Gasteiger partial charge in [-0.1, -0.05) is 12.2 Å². The Hall–Kier alpha value is -0.640. The number of aliphatic hydroxyl groups is 1. The average molecular weight is 186 g/mol. The zero-order valence-corrected chi connectivity index (χ0v) is 7.95. The Morgan fingerprint density at radius 2 is 1.77 bits per heavy atom. The molecule has 0 aliphatic carbocycles. The second-order valence-corrected chi connectivity index (χ2v) is 2.63. The van der Waals surface area contributed by atoms with E-state index in [0.717, 1.165) is 0 Å². The van der Waals surface area contributed by atoms with Crippen molar-refractivity contribution in [1.29, 1.82) is 0 Å². The van der Waals surface area contributed by atoms with Crippen LogP contribution < -0.4 is 0 Å². The van der Waals surface area contributed by atoms with Crippen molar-refractivity contribution < 1.29 is 14.6 Å². The van der Waals surface area contributed by atoms with E-state index in [2.05, 4.69) is 13.2 Å². The highest BCUT2D eigenvalue weighted by atomic mass is 16.5. The minimum Gasteiger partial charge on any atom is -0.391 e. The summed E-state index contributed by atoms with van der Waals surface area (Å²) in [5.74, 6) is 0. The third-order valence-corrected chi connectivity index (χ3v) is 1.38. The fourth-order valence-electron chi connectivity index (χ4n) is 0.757. The molecule has 0 radical (unpaired) electrons. The van der Waals surface area contributed by atoms with E-state index in [4.69, 9.17) is 9.47 Å². The van der Waals surface area contributed by atoms with Gasteiger partial charge in [0.05, 0.1) is 25.9 Å². The third kappa shape index (κ3) is 9.27. The second kappa shape index (κ2) is 9.45. The molecule has 0 aliphatic heterocycles. The maximum Gasteiger partial charge on any atom is 0.0795 e. The van der Waals surface area contributed by atoms with Gasteiger partial charge in [-0.15, -0.1) is 13.2 Å². The Labute approximate surface area is 79.7 Å². The monoisotopic (exact) mass is 186 g/mol. The van der Waals surface area contributed by atoms with Crippen molar-refractivity contribution in [2.45, 2.75) is 12.5 Å². The van der Waals surface area contributed by atoms with E-state index >= 15 is 0 Å². The van der Waals surface area contributed by atoms with Gasteiger partial charge >= 0.3 is 0 Å². The Morgan fingerprint density at radius 3 is 2.38 bits per heavy atom. The number of rotatable bonds is 9. The molecule has 0 aromatic rings. The van der Waals surface area contributed by atoms with E-state index in [9.17, 15) is 5.11 Å². The van der Waals surface area contributed by atoms with E-state index in [1.807, 2.05) is 0 Å². The van der Waals surface area contributed by atoms with Crippen LogP contribution in [0.15, 0.2) is 25.3 Å². The maximum atomic E-state index is 9.31. The van der Waals surface area contributed by atoms with Gasteiger partial charge in [-0.25, -0.2) is 0 Å². The lowest BCUT2D eigenvalue weighted by Gasteiger charge is -2.09. The van der Waals surface area contributed by atoms with Crippen molar-refractivity contribution in [3.8, 4) is 0 Å². The maximum absolute atomic E-state index is 9.31. The molecule has 13 heavy (non-hydrogen) atoms.